The zero-order chi connectivity index (χ0) is 17.8. The molecule has 1 amide bonds. The van der Waals surface area contributed by atoms with Crippen molar-refractivity contribution in [3.63, 3.8) is 0 Å². The number of carbonyl (C=O) groups is 1. The highest BCUT2D eigenvalue weighted by Gasteiger charge is 2.20. The molecule has 7 heteroatoms. The van der Waals surface area contributed by atoms with Crippen LogP contribution >= 0.6 is 0 Å². The number of rotatable bonds is 5. The lowest BCUT2D eigenvalue weighted by molar-refractivity contribution is 0.155. The van der Waals surface area contributed by atoms with Gasteiger partial charge in [-0.05, 0) is 30.2 Å². The first-order chi connectivity index (χ1) is 12.0. The maximum atomic E-state index is 14.5. The van der Waals surface area contributed by atoms with Crippen molar-refractivity contribution in [1.82, 2.24) is 5.32 Å². The number of halogens is 2. The third kappa shape index (κ3) is 3.88. The van der Waals surface area contributed by atoms with E-state index >= 15 is 0 Å². The van der Waals surface area contributed by atoms with Gasteiger partial charge in [-0.25, -0.2) is 13.6 Å². The van der Waals surface area contributed by atoms with E-state index in [1.54, 1.807) is 12.1 Å². The standard InChI is InChI=1S/C18H17F2N3O2/c1-11-9-21-17(11)23-16-13(19)7-8-14(15(16)20)22-18(24)25-10-12-5-3-2-4-6-12/h2-8,21,23H,9-10H2,1H3,(H,22,24). The number of ether oxygens (including phenoxy) is 1. The van der Waals surface area contributed by atoms with Crippen LogP contribution in [-0.4, -0.2) is 12.6 Å². The Bertz CT molecular complexity index is 823. The van der Waals surface area contributed by atoms with Crippen LogP contribution in [0.25, 0.3) is 0 Å². The largest absolute Gasteiger partial charge is 0.444 e. The van der Waals surface area contributed by atoms with E-state index in [0.29, 0.717) is 12.4 Å². The van der Waals surface area contributed by atoms with E-state index in [9.17, 15) is 13.6 Å². The van der Waals surface area contributed by atoms with Crippen LogP contribution in [0.1, 0.15) is 12.5 Å². The summed E-state index contributed by atoms with van der Waals surface area (Å²) in [6, 6.07) is 11.3. The maximum absolute atomic E-state index is 14.5. The number of anilines is 2. The molecule has 0 bridgehead atoms. The summed E-state index contributed by atoms with van der Waals surface area (Å²) in [5.41, 5.74) is 1.26. The molecule has 3 N–H and O–H groups in total. The van der Waals surface area contributed by atoms with Gasteiger partial charge in [-0.1, -0.05) is 30.3 Å². The highest BCUT2D eigenvalue weighted by Crippen LogP contribution is 2.28. The topological polar surface area (TPSA) is 62.4 Å². The zero-order valence-corrected chi connectivity index (χ0v) is 13.5. The van der Waals surface area contributed by atoms with Crippen molar-refractivity contribution in [3.8, 4) is 0 Å². The molecule has 1 aliphatic heterocycles. The number of amides is 1. The van der Waals surface area contributed by atoms with Gasteiger partial charge in [0.15, 0.2) is 5.82 Å². The molecule has 2 aromatic rings. The minimum Gasteiger partial charge on any atom is -0.444 e. The Kier molecular flexibility index (Phi) is 4.83. The zero-order valence-electron chi connectivity index (χ0n) is 13.5. The van der Waals surface area contributed by atoms with Gasteiger partial charge in [0.05, 0.1) is 5.69 Å². The minimum absolute atomic E-state index is 0.0522. The normalized spacial score (nSPS) is 12.9. The molecule has 0 atom stereocenters. The van der Waals surface area contributed by atoms with Gasteiger partial charge in [0, 0.05) is 6.54 Å². The van der Waals surface area contributed by atoms with Crippen LogP contribution in [0, 0.1) is 11.6 Å². The molecule has 1 heterocycles. The van der Waals surface area contributed by atoms with Crippen molar-refractivity contribution in [2.75, 3.05) is 17.2 Å². The lowest BCUT2D eigenvalue weighted by Crippen LogP contribution is -2.34. The summed E-state index contributed by atoms with van der Waals surface area (Å²) < 4.78 is 33.4. The van der Waals surface area contributed by atoms with E-state index in [1.807, 2.05) is 25.1 Å². The van der Waals surface area contributed by atoms with Gasteiger partial charge in [-0.3, -0.25) is 5.32 Å². The Morgan fingerprint density at radius 3 is 2.60 bits per heavy atom. The molecule has 0 unspecified atom stereocenters. The van der Waals surface area contributed by atoms with Crippen LogP contribution in [0.15, 0.2) is 53.9 Å². The van der Waals surface area contributed by atoms with E-state index in [0.717, 1.165) is 23.3 Å². The van der Waals surface area contributed by atoms with E-state index in [2.05, 4.69) is 16.0 Å². The first kappa shape index (κ1) is 16.8. The second kappa shape index (κ2) is 7.21. The molecule has 0 aliphatic carbocycles. The summed E-state index contributed by atoms with van der Waals surface area (Å²) in [4.78, 5) is 11.8. The molecule has 0 saturated heterocycles. The second-order valence-corrected chi connectivity index (χ2v) is 5.60. The molecule has 0 spiro atoms. The van der Waals surface area contributed by atoms with Crippen molar-refractivity contribution >= 4 is 17.5 Å². The molecule has 5 nitrogen and oxygen atoms in total. The van der Waals surface area contributed by atoms with E-state index < -0.39 is 17.7 Å². The number of nitrogens with one attached hydrogen (secondary N) is 3. The number of hydrogen-bond acceptors (Lipinski definition) is 4. The molecular weight excluding hydrogens is 328 g/mol. The monoisotopic (exact) mass is 345 g/mol. The van der Waals surface area contributed by atoms with Gasteiger partial charge in [0.2, 0.25) is 0 Å². The third-order valence-electron chi connectivity index (χ3n) is 3.75. The van der Waals surface area contributed by atoms with Crippen LogP contribution in [0.3, 0.4) is 0 Å². The van der Waals surface area contributed by atoms with Crippen LogP contribution in [0.2, 0.25) is 0 Å². The van der Waals surface area contributed by atoms with Crippen LogP contribution in [-0.2, 0) is 11.3 Å². The fourth-order valence-corrected chi connectivity index (χ4v) is 2.26. The molecule has 130 valence electrons. The Morgan fingerprint density at radius 2 is 1.96 bits per heavy atom. The maximum Gasteiger partial charge on any atom is 0.412 e. The summed E-state index contributed by atoms with van der Waals surface area (Å²) in [5.74, 6) is -1.10. The number of carbonyl (C=O) groups excluding carboxylic acids is 1. The Labute approximate surface area is 143 Å². The van der Waals surface area contributed by atoms with Gasteiger partial charge >= 0.3 is 6.09 Å². The fraction of sp³-hybridized carbons (Fsp3) is 0.167. The molecule has 0 saturated carbocycles. The molecule has 25 heavy (non-hydrogen) atoms. The van der Waals surface area contributed by atoms with Gasteiger partial charge in [0.25, 0.3) is 0 Å². The van der Waals surface area contributed by atoms with Crippen LogP contribution < -0.4 is 16.0 Å². The Morgan fingerprint density at radius 1 is 1.20 bits per heavy atom. The smallest absolute Gasteiger partial charge is 0.412 e. The van der Waals surface area contributed by atoms with Crippen molar-refractivity contribution in [3.05, 3.63) is 71.1 Å². The Hall–Kier alpha value is -3.09. The highest BCUT2D eigenvalue weighted by atomic mass is 19.1. The fourth-order valence-electron chi connectivity index (χ4n) is 2.26. The van der Waals surface area contributed by atoms with Crippen molar-refractivity contribution in [2.24, 2.45) is 0 Å². The van der Waals surface area contributed by atoms with Crippen molar-refractivity contribution < 1.29 is 18.3 Å². The summed E-state index contributed by atoms with van der Waals surface area (Å²) in [5, 5.41) is 7.87. The number of benzene rings is 2. The van der Waals surface area contributed by atoms with Crippen molar-refractivity contribution in [1.29, 1.82) is 0 Å². The van der Waals surface area contributed by atoms with Crippen molar-refractivity contribution in [2.45, 2.75) is 13.5 Å². The summed E-state index contributed by atoms with van der Waals surface area (Å²) in [6.07, 6.45) is -0.822. The Balaban J connectivity index is 1.67. The summed E-state index contributed by atoms with van der Waals surface area (Å²) >= 11 is 0. The minimum atomic E-state index is -0.898. The lowest BCUT2D eigenvalue weighted by Gasteiger charge is -2.25. The van der Waals surface area contributed by atoms with Gasteiger partial charge in [-0.2, -0.15) is 0 Å². The van der Waals surface area contributed by atoms with E-state index in [4.69, 9.17) is 4.74 Å². The molecule has 1 aliphatic rings. The predicted molar refractivity (Wildman–Crippen MR) is 90.9 cm³/mol. The van der Waals surface area contributed by atoms with E-state index in [-0.39, 0.29) is 18.0 Å². The van der Waals surface area contributed by atoms with Gasteiger partial charge in [0.1, 0.15) is 23.9 Å². The quantitative estimate of drug-likeness (QED) is 0.768. The number of hydrogen-bond donors (Lipinski definition) is 3. The van der Waals surface area contributed by atoms with Crippen LogP contribution in [0.5, 0.6) is 0 Å². The lowest BCUT2D eigenvalue weighted by atomic mass is 10.2. The third-order valence-corrected chi connectivity index (χ3v) is 3.75. The molecule has 0 radical (unpaired) electrons. The van der Waals surface area contributed by atoms with Gasteiger partial charge < -0.3 is 15.4 Å². The molecule has 0 aromatic heterocycles. The van der Waals surface area contributed by atoms with E-state index in [1.165, 1.54) is 0 Å². The predicted octanol–water partition coefficient (Wildman–Crippen LogP) is 3.96. The first-order valence-electron chi connectivity index (χ1n) is 7.71. The second-order valence-electron chi connectivity index (χ2n) is 5.60. The average Bonchev–Trinajstić information content (AvgIpc) is 2.62. The van der Waals surface area contributed by atoms with Crippen LogP contribution in [0.4, 0.5) is 25.0 Å². The SMILES string of the molecule is CC1=C(Nc2c(F)ccc(NC(=O)OCc3ccccc3)c2F)NC1. The first-order valence-corrected chi connectivity index (χ1v) is 7.71. The molecular formula is C18H17F2N3O2. The highest BCUT2D eigenvalue weighted by molar-refractivity contribution is 5.85. The molecule has 0 fully saturated rings. The average molecular weight is 345 g/mol. The van der Waals surface area contributed by atoms with Gasteiger partial charge in [-0.15, -0.1) is 0 Å². The summed E-state index contributed by atoms with van der Waals surface area (Å²) in [6.45, 7) is 2.56. The molecule has 2 aromatic carbocycles. The summed E-state index contributed by atoms with van der Waals surface area (Å²) in [7, 11) is 0. The molecule has 3 rings (SSSR count).